The zero-order chi connectivity index (χ0) is 16.4. The van der Waals surface area contributed by atoms with Crippen LogP contribution in [0.5, 0.6) is 0 Å². The highest BCUT2D eigenvalue weighted by atomic mass is 35.5. The molecule has 3 rings (SSSR count). The first-order chi connectivity index (χ1) is 11.1. The van der Waals surface area contributed by atoms with Crippen molar-refractivity contribution in [1.29, 1.82) is 0 Å². The van der Waals surface area contributed by atoms with Gasteiger partial charge in [0.1, 0.15) is 5.65 Å². The molecular formula is C17H25ClN4O2. The number of fused-ring (bicyclic) bond motifs is 1. The average molecular weight is 353 g/mol. The Hall–Kier alpha value is -1.47. The first kappa shape index (κ1) is 18.9. The number of hydrogen-bond donors (Lipinski definition) is 1. The zero-order valence-electron chi connectivity index (χ0n) is 14.1. The van der Waals surface area contributed by atoms with E-state index < -0.39 is 0 Å². The van der Waals surface area contributed by atoms with Gasteiger partial charge < -0.3 is 10.5 Å². The van der Waals surface area contributed by atoms with Gasteiger partial charge in [-0.25, -0.2) is 4.98 Å². The lowest BCUT2D eigenvalue weighted by molar-refractivity contribution is 0.00978. The number of aromatic nitrogens is 2. The van der Waals surface area contributed by atoms with E-state index in [9.17, 15) is 4.79 Å². The Kier molecular flexibility index (Phi) is 6.34. The number of methoxy groups -OCH3 is 1. The number of nitrogens with two attached hydrogens (primary N) is 1. The Bertz CT molecular complexity index is 749. The number of halogens is 1. The second-order valence-corrected chi connectivity index (χ2v) is 6.21. The normalized spacial score (nSPS) is 21.6. The van der Waals surface area contributed by atoms with Crippen molar-refractivity contribution in [2.75, 3.05) is 20.2 Å². The van der Waals surface area contributed by atoms with E-state index in [4.69, 9.17) is 10.5 Å². The van der Waals surface area contributed by atoms with Crippen LogP contribution in [0.1, 0.15) is 24.1 Å². The maximum Gasteiger partial charge on any atom is 0.258 e. The van der Waals surface area contributed by atoms with Crippen LogP contribution in [-0.2, 0) is 11.3 Å². The molecule has 2 aromatic heterocycles. The molecule has 2 atom stereocenters. The third-order valence-corrected chi connectivity index (χ3v) is 4.70. The van der Waals surface area contributed by atoms with E-state index in [-0.39, 0.29) is 30.1 Å². The van der Waals surface area contributed by atoms with Crippen LogP contribution in [0.2, 0.25) is 0 Å². The predicted molar refractivity (Wildman–Crippen MR) is 96.7 cm³/mol. The number of aryl methyl sites for hydroxylation is 1. The lowest BCUT2D eigenvalue weighted by atomic mass is 9.99. The van der Waals surface area contributed by atoms with Crippen LogP contribution in [0.3, 0.4) is 0 Å². The highest BCUT2D eigenvalue weighted by molar-refractivity contribution is 5.85. The minimum absolute atomic E-state index is 0. The van der Waals surface area contributed by atoms with Crippen LogP contribution >= 0.6 is 12.4 Å². The van der Waals surface area contributed by atoms with E-state index in [1.54, 1.807) is 23.8 Å². The topological polar surface area (TPSA) is 72.9 Å². The molecule has 3 heterocycles. The number of piperidine rings is 1. The Labute approximate surface area is 148 Å². The fraction of sp³-hybridized carbons (Fsp3) is 0.529. The van der Waals surface area contributed by atoms with Crippen LogP contribution in [-0.4, -0.2) is 46.6 Å². The first-order valence-corrected chi connectivity index (χ1v) is 8.07. The van der Waals surface area contributed by atoms with E-state index in [0.717, 1.165) is 36.3 Å². The Balaban J connectivity index is 0.00000208. The SMILES string of the molecule is COC1CCN(Cc2cc(=O)n3cccc(C)c3n2)C(CN)C1.Cl. The van der Waals surface area contributed by atoms with Crippen molar-refractivity contribution in [2.45, 2.75) is 38.5 Å². The number of rotatable bonds is 4. The van der Waals surface area contributed by atoms with E-state index in [1.165, 1.54) is 0 Å². The summed E-state index contributed by atoms with van der Waals surface area (Å²) in [6.45, 7) is 4.12. The average Bonchev–Trinajstić information content (AvgIpc) is 2.56. The summed E-state index contributed by atoms with van der Waals surface area (Å²) in [5, 5.41) is 0. The second kappa shape index (κ2) is 8.07. The summed E-state index contributed by atoms with van der Waals surface area (Å²) in [5.74, 6) is 0. The van der Waals surface area contributed by atoms with Gasteiger partial charge in [-0.15, -0.1) is 12.4 Å². The van der Waals surface area contributed by atoms with Gasteiger partial charge in [0.25, 0.3) is 5.56 Å². The van der Waals surface area contributed by atoms with Gasteiger partial charge in [-0.05, 0) is 31.4 Å². The molecule has 2 unspecified atom stereocenters. The molecule has 1 aliphatic heterocycles. The molecule has 1 saturated heterocycles. The minimum atomic E-state index is -0.0372. The second-order valence-electron chi connectivity index (χ2n) is 6.21. The number of hydrogen-bond acceptors (Lipinski definition) is 5. The fourth-order valence-corrected chi connectivity index (χ4v) is 3.33. The maximum atomic E-state index is 12.3. The maximum absolute atomic E-state index is 12.3. The van der Waals surface area contributed by atoms with Gasteiger partial charge in [-0.3, -0.25) is 14.1 Å². The van der Waals surface area contributed by atoms with Gasteiger partial charge in [0.05, 0.1) is 11.8 Å². The van der Waals surface area contributed by atoms with E-state index in [2.05, 4.69) is 9.88 Å². The molecule has 0 aromatic carbocycles. The minimum Gasteiger partial charge on any atom is -0.381 e. The molecule has 0 radical (unpaired) electrons. The number of likely N-dealkylation sites (tertiary alicyclic amines) is 1. The Morgan fingerprint density at radius 2 is 2.25 bits per heavy atom. The largest absolute Gasteiger partial charge is 0.381 e. The van der Waals surface area contributed by atoms with Crippen LogP contribution in [0.4, 0.5) is 0 Å². The van der Waals surface area contributed by atoms with Crippen molar-refractivity contribution in [1.82, 2.24) is 14.3 Å². The smallest absolute Gasteiger partial charge is 0.258 e. The van der Waals surface area contributed by atoms with Crippen molar-refractivity contribution in [3.05, 3.63) is 46.0 Å². The summed E-state index contributed by atoms with van der Waals surface area (Å²) in [6.07, 6.45) is 3.95. The third-order valence-electron chi connectivity index (χ3n) is 4.70. The molecule has 0 amide bonds. The lowest BCUT2D eigenvalue weighted by Gasteiger charge is -2.38. The Morgan fingerprint density at radius 1 is 1.46 bits per heavy atom. The summed E-state index contributed by atoms with van der Waals surface area (Å²) in [4.78, 5) is 19.3. The first-order valence-electron chi connectivity index (χ1n) is 8.07. The van der Waals surface area contributed by atoms with Gasteiger partial charge >= 0.3 is 0 Å². The quantitative estimate of drug-likeness (QED) is 0.899. The zero-order valence-corrected chi connectivity index (χ0v) is 15.0. The van der Waals surface area contributed by atoms with Crippen LogP contribution in [0.25, 0.3) is 5.65 Å². The molecule has 0 bridgehead atoms. The number of pyridine rings is 1. The number of ether oxygens (including phenoxy) is 1. The van der Waals surface area contributed by atoms with Crippen LogP contribution in [0.15, 0.2) is 29.2 Å². The van der Waals surface area contributed by atoms with Gasteiger partial charge in [0.15, 0.2) is 0 Å². The summed E-state index contributed by atoms with van der Waals surface area (Å²) in [6, 6.07) is 5.73. The van der Waals surface area contributed by atoms with Gasteiger partial charge in [-0.1, -0.05) is 6.07 Å². The molecule has 7 heteroatoms. The highest BCUT2D eigenvalue weighted by Crippen LogP contribution is 2.21. The fourth-order valence-electron chi connectivity index (χ4n) is 3.33. The monoisotopic (exact) mass is 352 g/mol. The molecule has 2 N–H and O–H groups in total. The van der Waals surface area contributed by atoms with Gasteiger partial charge in [-0.2, -0.15) is 0 Å². The van der Waals surface area contributed by atoms with Crippen molar-refractivity contribution in [2.24, 2.45) is 5.73 Å². The van der Waals surface area contributed by atoms with Crippen molar-refractivity contribution < 1.29 is 4.74 Å². The Morgan fingerprint density at radius 3 is 2.96 bits per heavy atom. The van der Waals surface area contributed by atoms with Crippen molar-refractivity contribution in [3.63, 3.8) is 0 Å². The summed E-state index contributed by atoms with van der Waals surface area (Å²) in [7, 11) is 1.75. The molecule has 0 aliphatic carbocycles. The lowest BCUT2D eigenvalue weighted by Crippen LogP contribution is -2.48. The molecule has 6 nitrogen and oxygen atoms in total. The summed E-state index contributed by atoms with van der Waals surface area (Å²) < 4.78 is 7.06. The standard InChI is InChI=1S/C17H24N4O2.ClH/c1-12-4-3-6-21-16(22)8-13(19-17(12)21)11-20-7-5-15(23-2)9-14(20)10-18;/h3-4,6,8,14-15H,5,7,9-11,18H2,1-2H3;1H. The van der Waals surface area contributed by atoms with Gasteiger partial charge in [0, 0.05) is 45.0 Å². The van der Waals surface area contributed by atoms with E-state index in [0.29, 0.717) is 13.1 Å². The molecule has 1 fully saturated rings. The number of nitrogens with zero attached hydrogens (tertiary/aromatic N) is 3. The van der Waals surface area contributed by atoms with Crippen molar-refractivity contribution in [3.8, 4) is 0 Å². The van der Waals surface area contributed by atoms with Crippen molar-refractivity contribution >= 4 is 18.1 Å². The molecule has 0 saturated carbocycles. The molecule has 24 heavy (non-hydrogen) atoms. The molecule has 2 aromatic rings. The van der Waals surface area contributed by atoms with Gasteiger partial charge in [0.2, 0.25) is 0 Å². The molecule has 1 aliphatic rings. The highest BCUT2D eigenvalue weighted by Gasteiger charge is 2.27. The van der Waals surface area contributed by atoms with E-state index in [1.807, 2.05) is 19.1 Å². The third kappa shape index (κ3) is 3.78. The summed E-state index contributed by atoms with van der Waals surface area (Å²) in [5.41, 5.74) is 8.42. The molecule has 0 spiro atoms. The molecular weight excluding hydrogens is 328 g/mol. The summed E-state index contributed by atoms with van der Waals surface area (Å²) >= 11 is 0. The predicted octanol–water partition coefficient (Wildman–Crippen LogP) is 1.36. The van der Waals surface area contributed by atoms with E-state index >= 15 is 0 Å². The van der Waals surface area contributed by atoms with Crippen LogP contribution < -0.4 is 11.3 Å². The van der Waals surface area contributed by atoms with Crippen LogP contribution in [0, 0.1) is 6.92 Å². The molecule has 132 valence electrons.